The molecule has 0 radical (unpaired) electrons. The smallest absolute Gasteiger partial charge is 0.308 e. The minimum Gasteiger partial charge on any atom is -0.308 e. The van der Waals surface area contributed by atoms with Gasteiger partial charge in [0, 0.05) is 6.42 Å². The predicted octanol–water partition coefficient (Wildman–Crippen LogP) is 6.40. The van der Waals surface area contributed by atoms with Gasteiger partial charge in [-0.3, -0.25) is 13.7 Å². The van der Waals surface area contributed by atoms with Crippen LogP contribution >= 0.6 is 22.8 Å². The van der Waals surface area contributed by atoms with Gasteiger partial charge < -0.3 is 27.1 Å². The summed E-state index contributed by atoms with van der Waals surface area (Å²) in [6, 6.07) is 0. The molecule has 0 bridgehead atoms. The van der Waals surface area contributed by atoms with Gasteiger partial charge >= 0.3 is 22.8 Å². The topological polar surface area (TPSA) is 107 Å². The average Bonchev–Trinajstić information content (AvgIpc) is 2.63. The maximum atomic E-state index is 14.2. The second-order valence-electron chi connectivity index (χ2n) is 5.55. The number of hydrogen-bond acceptors (Lipinski definition) is 9. The lowest BCUT2D eigenvalue weighted by atomic mass is 10.4. The maximum absolute atomic E-state index is 14.2. The third-order valence-electron chi connectivity index (χ3n) is 3.74. The fourth-order valence-electron chi connectivity index (χ4n) is 2.81. The Balaban J connectivity index is 7.45. The van der Waals surface area contributed by atoms with Crippen LogP contribution in [-0.4, -0.2) is 44.3 Å². The van der Waals surface area contributed by atoms with E-state index in [9.17, 15) is 13.7 Å². The molecule has 0 atom stereocenters. The molecule has 0 aliphatic heterocycles. The molecule has 9 nitrogen and oxygen atoms in total. The van der Waals surface area contributed by atoms with Gasteiger partial charge in [0.15, 0.2) is 0 Å². The zero-order chi connectivity index (χ0) is 22.6. The summed E-state index contributed by atoms with van der Waals surface area (Å²) in [7, 11) is -13.3. The average molecular weight is 478 g/mol. The van der Waals surface area contributed by atoms with E-state index in [0.717, 1.165) is 0 Å². The molecule has 0 aromatic rings. The second-order valence-corrected chi connectivity index (χ2v) is 13.4. The van der Waals surface area contributed by atoms with Crippen molar-refractivity contribution in [2.75, 3.05) is 39.6 Å². The highest BCUT2D eigenvalue weighted by Crippen LogP contribution is 2.92. The third kappa shape index (κ3) is 6.12. The lowest BCUT2D eigenvalue weighted by Gasteiger charge is -2.44. The molecule has 0 heterocycles. The number of hydrogen-bond donors (Lipinski definition) is 0. The molecule has 12 heteroatoms. The summed E-state index contributed by atoms with van der Waals surface area (Å²) >= 11 is 0. The summed E-state index contributed by atoms with van der Waals surface area (Å²) in [6.07, 6.45) is 2.91. The summed E-state index contributed by atoms with van der Waals surface area (Å²) < 4.78 is 73.5. The number of allylic oxidation sites excluding steroid dienone is 2. The second kappa shape index (κ2) is 13.6. The van der Waals surface area contributed by atoms with Crippen LogP contribution in [0.1, 0.15) is 54.9 Å². The van der Waals surface area contributed by atoms with Gasteiger partial charge in [0.1, 0.15) is 0 Å². The Morgan fingerprint density at radius 1 is 0.586 bits per heavy atom. The molecule has 0 aromatic heterocycles. The van der Waals surface area contributed by atoms with Crippen LogP contribution in [0.25, 0.3) is 0 Å². The molecule has 0 rings (SSSR count). The highest BCUT2D eigenvalue weighted by atomic mass is 31.3. The van der Waals surface area contributed by atoms with Crippen LogP contribution in [0.5, 0.6) is 0 Å². The SMILES string of the molecule is C/C=C/CC(P(=O)(OCC)OCC)(P(=O)(OCC)OCC)P(=O)(OCC)OCC. The molecular weight excluding hydrogens is 441 g/mol. The monoisotopic (exact) mass is 478 g/mol. The van der Waals surface area contributed by atoms with Crippen molar-refractivity contribution in [3.8, 4) is 0 Å². The van der Waals surface area contributed by atoms with Gasteiger partial charge in [0.2, 0.25) is 0 Å². The molecule has 0 fully saturated rings. The van der Waals surface area contributed by atoms with Crippen molar-refractivity contribution in [1.29, 1.82) is 0 Å². The Kier molecular flexibility index (Phi) is 13.7. The predicted molar refractivity (Wildman–Crippen MR) is 115 cm³/mol. The minimum absolute atomic E-state index is 0.0502. The highest BCUT2D eigenvalue weighted by molar-refractivity contribution is 7.90. The minimum atomic E-state index is -4.43. The fourth-order valence-corrected chi connectivity index (χ4v) is 13.0. The Hall–Kier alpha value is 0.190. The molecule has 29 heavy (non-hydrogen) atoms. The first-order valence-electron chi connectivity index (χ1n) is 9.96. The van der Waals surface area contributed by atoms with Crippen molar-refractivity contribution >= 4 is 22.8 Å². The quantitative estimate of drug-likeness (QED) is 0.173. The van der Waals surface area contributed by atoms with E-state index in [1.807, 2.05) is 0 Å². The van der Waals surface area contributed by atoms with Crippen LogP contribution in [0.4, 0.5) is 0 Å². The van der Waals surface area contributed by atoms with Crippen molar-refractivity contribution in [2.24, 2.45) is 0 Å². The zero-order valence-electron chi connectivity index (χ0n) is 18.6. The van der Waals surface area contributed by atoms with Gasteiger partial charge in [-0.2, -0.15) is 0 Å². The van der Waals surface area contributed by atoms with Gasteiger partial charge in [-0.25, -0.2) is 0 Å². The van der Waals surface area contributed by atoms with E-state index in [0.29, 0.717) is 0 Å². The van der Waals surface area contributed by atoms with Crippen molar-refractivity contribution in [3.05, 3.63) is 12.2 Å². The lowest BCUT2D eigenvalue weighted by molar-refractivity contribution is 0.167. The summed E-state index contributed by atoms with van der Waals surface area (Å²) in [5.74, 6) is 0. The van der Waals surface area contributed by atoms with Crippen LogP contribution in [0.3, 0.4) is 0 Å². The Labute approximate surface area is 175 Å². The molecule has 0 saturated carbocycles. The van der Waals surface area contributed by atoms with E-state index in [-0.39, 0.29) is 46.1 Å². The summed E-state index contributed by atoms with van der Waals surface area (Å²) in [4.78, 5) is 0. The normalized spacial score (nSPS) is 14.0. The van der Waals surface area contributed by atoms with Crippen LogP contribution in [-0.2, 0) is 40.8 Å². The van der Waals surface area contributed by atoms with Crippen molar-refractivity contribution in [1.82, 2.24) is 0 Å². The first-order valence-corrected chi connectivity index (χ1v) is 14.6. The molecule has 174 valence electrons. The number of rotatable bonds is 17. The Morgan fingerprint density at radius 2 is 0.828 bits per heavy atom. The maximum Gasteiger partial charge on any atom is 0.361 e. The van der Waals surface area contributed by atoms with E-state index in [2.05, 4.69) is 0 Å². The van der Waals surface area contributed by atoms with Gasteiger partial charge in [0.05, 0.1) is 39.6 Å². The van der Waals surface area contributed by atoms with E-state index in [1.165, 1.54) is 0 Å². The van der Waals surface area contributed by atoms with Crippen molar-refractivity contribution in [2.45, 2.75) is 59.5 Å². The molecule has 0 amide bonds. The Morgan fingerprint density at radius 3 is 1.00 bits per heavy atom. The molecule has 0 spiro atoms. The standard InChI is InChI=1S/C17H37O9P3/c1-8-15-16-17(27(18,21-9-2)22-10-3,28(19,23-11-4)24-12-5)29(20,25-13-6)26-14-7/h8,15H,9-14,16H2,1-7H3/b15-8+. The lowest BCUT2D eigenvalue weighted by Crippen LogP contribution is -2.35. The summed E-state index contributed by atoms with van der Waals surface area (Å²) in [5, 5.41) is 0. The summed E-state index contributed by atoms with van der Waals surface area (Å²) in [6.45, 7) is 11.0. The van der Waals surface area contributed by atoms with E-state index >= 15 is 0 Å². The molecule has 0 aliphatic rings. The fraction of sp³-hybridized carbons (Fsp3) is 0.882. The van der Waals surface area contributed by atoms with Crippen molar-refractivity contribution in [3.63, 3.8) is 0 Å². The van der Waals surface area contributed by atoms with Crippen LogP contribution in [0, 0.1) is 0 Å². The summed E-state index contributed by atoms with van der Waals surface area (Å²) in [5.41, 5.74) is 0. The van der Waals surface area contributed by atoms with Gasteiger partial charge in [0.25, 0.3) is 4.64 Å². The van der Waals surface area contributed by atoms with Crippen LogP contribution in [0.2, 0.25) is 0 Å². The van der Waals surface area contributed by atoms with Gasteiger partial charge in [-0.05, 0) is 48.5 Å². The first-order chi connectivity index (χ1) is 13.7. The highest BCUT2D eigenvalue weighted by Gasteiger charge is 2.76. The van der Waals surface area contributed by atoms with Gasteiger partial charge in [-0.15, -0.1) is 0 Å². The van der Waals surface area contributed by atoms with Crippen molar-refractivity contribution < 1.29 is 40.8 Å². The molecule has 0 aliphatic carbocycles. The molecule has 0 unspecified atom stereocenters. The van der Waals surface area contributed by atoms with E-state index < -0.39 is 27.4 Å². The molecule has 0 N–H and O–H groups in total. The zero-order valence-corrected chi connectivity index (χ0v) is 21.3. The van der Waals surface area contributed by atoms with E-state index in [1.54, 1.807) is 60.6 Å². The van der Waals surface area contributed by atoms with Crippen LogP contribution < -0.4 is 0 Å². The van der Waals surface area contributed by atoms with Crippen LogP contribution in [0.15, 0.2) is 12.2 Å². The van der Waals surface area contributed by atoms with Gasteiger partial charge in [-0.1, -0.05) is 12.2 Å². The molecule has 0 saturated heterocycles. The largest absolute Gasteiger partial charge is 0.361 e. The third-order valence-corrected chi connectivity index (χ3v) is 14.9. The molecular formula is C17H37O9P3. The van der Waals surface area contributed by atoms with E-state index in [4.69, 9.17) is 27.1 Å². The first kappa shape index (κ1) is 29.2. The Bertz CT molecular complexity index is 532. The molecule has 0 aromatic carbocycles.